The minimum Gasteiger partial charge on any atom is -0.489 e. The van der Waals surface area contributed by atoms with Gasteiger partial charge in [0, 0.05) is 11.6 Å². The lowest BCUT2D eigenvalue weighted by atomic mass is 9.86. The molecule has 134 valence electrons. The third-order valence-corrected chi connectivity index (χ3v) is 5.09. The molecule has 1 aromatic carbocycles. The molecule has 2 atom stereocenters. The highest BCUT2D eigenvalue weighted by atomic mass is 16.5. The molecule has 0 unspecified atom stereocenters. The number of nitrogens with zero attached hydrogens (tertiary/aromatic N) is 1. The maximum Gasteiger partial charge on any atom is 0.251 e. The first-order valence-electron chi connectivity index (χ1n) is 9.00. The van der Waals surface area contributed by atoms with Gasteiger partial charge in [0.2, 0.25) is 0 Å². The molecule has 25 heavy (non-hydrogen) atoms. The molecule has 0 radical (unpaired) electrons. The molecule has 1 saturated carbocycles. The Morgan fingerprint density at radius 1 is 1.32 bits per heavy atom. The van der Waals surface area contributed by atoms with E-state index in [1.165, 1.54) is 19.3 Å². The Hall–Kier alpha value is -2.30. The van der Waals surface area contributed by atoms with E-state index in [1.54, 1.807) is 6.07 Å². The molecule has 1 amide bonds. The van der Waals surface area contributed by atoms with E-state index >= 15 is 0 Å². The number of aromatic nitrogens is 1. The molecule has 5 nitrogen and oxygen atoms in total. The second-order valence-electron chi connectivity index (χ2n) is 6.96. The van der Waals surface area contributed by atoms with Gasteiger partial charge in [-0.3, -0.25) is 4.79 Å². The van der Waals surface area contributed by atoms with Gasteiger partial charge in [0.15, 0.2) is 0 Å². The Morgan fingerprint density at radius 3 is 2.84 bits per heavy atom. The Kier molecular flexibility index (Phi) is 5.41. The average Bonchev–Trinajstić information content (AvgIpc) is 2.93. The van der Waals surface area contributed by atoms with Gasteiger partial charge < -0.3 is 14.6 Å². The highest BCUT2D eigenvalue weighted by Gasteiger charge is 2.23. The van der Waals surface area contributed by atoms with Crippen molar-refractivity contribution in [2.45, 2.75) is 59.1 Å². The van der Waals surface area contributed by atoms with E-state index in [0.29, 0.717) is 23.8 Å². The molecule has 0 spiro atoms. The summed E-state index contributed by atoms with van der Waals surface area (Å²) in [6, 6.07) is 7.60. The predicted molar refractivity (Wildman–Crippen MR) is 95.6 cm³/mol. The van der Waals surface area contributed by atoms with E-state index in [9.17, 15) is 4.79 Å². The second-order valence-corrected chi connectivity index (χ2v) is 6.96. The van der Waals surface area contributed by atoms with Crippen LogP contribution in [0.5, 0.6) is 5.75 Å². The third-order valence-electron chi connectivity index (χ3n) is 5.09. The molecule has 0 saturated heterocycles. The van der Waals surface area contributed by atoms with Crippen LogP contribution in [0.4, 0.5) is 0 Å². The number of rotatable bonds is 5. The van der Waals surface area contributed by atoms with Crippen LogP contribution in [0.15, 0.2) is 28.8 Å². The van der Waals surface area contributed by atoms with E-state index in [1.807, 2.05) is 32.0 Å². The number of ether oxygens (including phenoxy) is 1. The summed E-state index contributed by atoms with van der Waals surface area (Å²) in [5.41, 5.74) is 2.41. The lowest BCUT2D eigenvalue weighted by Crippen LogP contribution is -2.41. The number of hydrogen-bond acceptors (Lipinski definition) is 4. The van der Waals surface area contributed by atoms with Crippen LogP contribution in [0.3, 0.4) is 0 Å². The molecule has 1 aliphatic carbocycles. The van der Waals surface area contributed by atoms with Crippen molar-refractivity contribution < 1.29 is 14.1 Å². The minimum absolute atomic E-state index is 0.0264. The van der Waals surface area contributed by atoms with Crippen molar-refractivity contribution in [3.63, 3.8) is 0 Å². The van der Waals surface area contributed by atoms with Crippen LogP contribution in [0.25, 0.3) is 0 Å². The second kappa shape index (κ2) is 7.72. The molecular weight excluding hydrogens is 316 g/mol. The molecule has 1 aromatic heterocycles. The van der Waals surface area contributed by atoms with Crippen LogP contribution in [-0.2, 0) is 6.61 Å². The summed E-state index contributed by atoms with van der Waals surface area (Å²) in [5.74, 6) is 1.94. The first-order chi connectivity index (χ1) is 12.0. The SMILES string of the molecule is Cc1noc(C)c1COc1cccc(C(=O)N[C@@H]2CCCC[C@H]2C)c1. The van der Waals surface area contributed by atoms with Gasteiger partial charge in [-0.2, -0.15) is 0 Å². The van der Waals surface area contributed by atoms with Crippen LogP contribution >= 0.6 is 0 Å². The molecule has 2 aromatic rings. The Bertz CT molecular complexity index is 719. The van der Waals surface area contributed by atoms with Crippen molar-refractivity contribution >= 4 is 5.91 Å². The number of aryl methyl sites for hydroxylation is 2. The minimum atomic E-state index is -0.0264. The Balaban J connectivity index is 1.63. The normalized spacial score (nSPS) is 20.3. The summed E-state index contributed by atoms with van der Waals surface area (Å²) in [4.78, 5) is 12.6. The van der Waals surface area contributed by atoms with Gasteiger partial charge in [0.05, 0.1) is 11.3 Å². The summed E-state index contributed by atoms with van der Waals surface area (Å²) in [5, 5.41) is 7.11. The van der Waals surface area contributed by atoms with Gasteiger partial charge in [-0.15, -0.1) is 0 Å². The molecule has 0 aliphatic heterocycles. The van der Waals surface area contributed by atoms with Gasteiger partial charge in [-0.1, -0.05) is 31.0 Å². The number of nitrogens with one attached hydrogen (secondary N) is 1. The van der Waals surface area contributed by atoms with E-state index in [-0.39, 0.29) is 11.9 Å². The van der Waals surface area contributed by atoms with Crippen molar-refractivity contribution in [1.29, 1.82) is 0 Å². The molecule has 5 heteroatoms. The van der Waals surface area contributed by atoms with Crippen molar-refractivity contribution in [1.82, 2.24) is 10.5 Å². The summed E-state index contributed by atoms with van der Waals surface area (Å²) in [7, 11) is 0. The van der Waals surface area contributed by atoms with Crippen molar-refractivity contribution in [2.75, 3.05) is 0 Å². The predicted octanol–water partition coefficient (Wildman–Crippen LogP) is 4.18. The van der Waals surface area contributed by atoms with Gasteiger partial charge in [-0.05, 0) is 50.8 Å². The van der Waals surface area contributed by atoms with E-state index in [2.05, 4.69) is 17.4 Å². The lowest BCUT2D eigenvalue weighted by molar-refractivity contribution is 0.0909. The smallest absolute Gasteiger partial charge is 0.251 e. The van der Waals surface area contributed by atoms with Crippen LogP contribution in [0.1, 0.15) is 60.0 Å². The molecule has 3 rings (SSSR count). The number of amides is 1. The summed E-state index contributed by atoms with van der Waals surface area (Å²) >= 11 is 0. The van der Waals surface area contributed by atoms with E-state index in [0.717, 1.165) is 23.4 Å². The zero-order chi connectivity index (χ0) is 17.8. The molecule has 1 aliphatic rings. The zero-order valence-electron chi connectivity index (χ0n) is 15.2. The van der Waals surface area contributed by atoms with Gasteiger partial charge >= 0.3 is 0 Å². The highest BCUT2D eigenvalue weighted by molar-refractivity contribution is 5.94. The standard InChI is InChI=1S/C20H26N2O3/c1-13-7-4-5-10-19(13)21-20(23)16-8-6-9-17(11-16)24-12-18-14(2)22-25-15(18)3/h6,8-9,11,13,19H,4-5,7,10,12H2,1-3H3,(H,21,23)/t13-,19-/m1/s1. The topological polar surface area (TPSA) is 64.4 Å². The first-order valence-corrected chi connectivity index (χ1v) is 9.00. The monoisotopic (exact) mass is 342 g/mol. The molecule has 1 N–H and O–H groups in total. The maximum absolute atomic E-state index is 12.6. The number of hydrogen-bond donors (Lipinski definition) is 1. The van der Waals surface area contributed by atoms with Gasteiger partial charge in [0.25, 0.3) is 5.91 Å². The van der Waals surface area contributed by atoms with Crippen LogP contribution in [-0.4, -0.2) is 17.1 Å². The fourth-order valence-corrected chi connectivity index (χ4v) is 3.37. The fraction of sp³-hybridized carbons (Fsp3) is 0.500. The van der Waals surface area contributed by atoms with Crippen LogP contribution < -0.4 is 10.1 Å². The van der Waals surface area contributed by atoms with Gasteiger partial charge in [-0.25, -0.2) is 0 Å². The quantitative estimate of drug-likeness (QED) is 0.885. The number of benzene rings is 1. The molecule has 1 heterocycles. The summed E-state index contributed by atoms with van der Waals surface area (Å²) in [6.45, 7) is 6.36. The van der Waals surface area contributed by atoms with E-state index in [4.69, 9.17) is 9.26 Å². The largest absolute Gasteiger partial charge is 0.489 e. The first kappa shape index (κ1) is 17.5. The number of carbonyl (C=O) groups excluding carboxylic acids is 1. The summed E-state index contributed by atoms with van der Waals surface area (Å²) < 4.78 is 11.0. The highest BCUT2D eigenvalue weighted by Crippen LogP contribution is 2.24. The lowest BCUT2D eigenvalue weighted by Gasteiger charge is -2.29. The van der Waals surface area contributed by atoms with Crippen molar-refractivity contribution in [3.05, 3.63) is 46.8 Å². The van der Waals surface area contributed by atoms with Crippen molar-refractivity contribution in [2.24, 2.45) is 5.92 Å². The zero-order valence-corrected chi connectivity index (χ0v) is 15.2. The Morgan fingerprint density at radius 2 is 2.12 bits per heavy atom. The third kappa shape index (κ3) is 4.21. The average molecular weight is 342 g/mol. The molecular formula is C20H26N2O3. The maximum atomic E-state index is 12.6. The van der Waals surface area contributed by atoms with Crippen LogP contribution in [0.2, 0.25) is 0 Å². The fourth-order valence-electron chi connectivity index (χ4n) is 3.37. The summed E-state index contributed by atoms with van der Waals surface area (Å²) in [6.07, 6.45) is 4.70. The Labute approximate surface area is 148 Å². The van der Waals surface area contributed by atoms with Crippen LogP contribution in [0, 0.1) is 19.8 Å². The van der Waals surface area contributed by atoms with E-state index < -0.39 is 0 Å². The molecule has 1 fully saturated rings. The van der Waals surface area contributed by atoms with Gasteiger partial charge in [0.1, 0.15) is 18.1 Å². The van der Waals surface area contributed by atoms with Crippen molar-refractivity contribution in [3.8, 4) is 5.75 Å². The number of carbonyl (C=O) groups is 1. The molecule has 0 bridgehead atoms.